The van der Waals surface area contributed by atoms with Gasteiger partial charge < -0.3 is 5.32 Å². The van der Waals surface area contributed by atoms with Gasteiger partial charge in [0.25, 0.3) is 0 Å². The first kappa shape index (κ1) is 18.1. The zero-order valence-corrected chi connectivity index (χ0v) is 17.1. The molecule has 1 aromatic carbocycles. The summed E-state index contributed by atoms with van der Waals surface area (Å²) in [5, 5.41) is 3.83. The number of rotatable bonds is 3. The number of thiazole rings is 1. The summed E-state index contributed by atoms with van der Waals surface area (Å²) in [6.45, 7) is 3.53. The number of aromatic nitrogens is 1. The summed E-state index contributed by atoms with van der Waals surface area (Å²) in [5.41, 5.74) is 1.65. The number of hydrogen-bond donors (Lipinski definition) is 1. The van der Waals surface area contributed by atoms with Crippen LogP contribution in [0.25, 0.3) is 10.2 Å². The van der Waals surface area contributed by atoms with Crippen molar-refractivity contribution in [3.8, 4) is 0 Å². The fourth-order valence-electron chi connectivity index (χ4n) is 5.24. The molecule has 0 unspecified atom stereocenters. The molecule has 2 heterocycles. The number of benzene rings is 1. The second-order valence-electron chi connectivity index (χ2n) is 8.18. The maximum absolute atomic E-state index is 12.9. The molecular weight excluding hydrogens is 398 g/mol. The predicted octanol–water partition coefficient (Wildman–Crippen LogP) is 3.62. The van der Waals surface area contributed by atoms with Crippen LogP contribution < -0.4 is 5.32 Å². The number of carbonyl (C=O) groups excluding carboxylic acids is 3. The smallest absolute Gasteiger partial charge is 0.249 e. The molecule has 1 saturated heterocycles. The first-order valence-corrected chi connectivity index (χ1v) is 10.8. The molecule has 28 heavy (non-hydrogen) atoms. The largest absolute Gasteiger partial charge is 0.300 e. The summed E-state index contributed by atoms with van der Waals surface area (Å²) < 4.78 is 0.921. The van der Waals surface area contributed by atoms with Gasteiger partial charge >= 0.3 is 0 Å². The van der Waals surface area contributed by atoms with Crippen LogP contribution in [-0.2, 0) is 14.4 Å². The molecule has 3 amide bonds. The molecule has 2 aromatic rings. The SMILES string of the molecule is Cc1cc2sc(NC(=O)[C@@H](C)N3C(=O)[C@@H]4[C@H]5CC[C@@H](C5)[C@@H]4C3=O)nc2cc1Cl. The second kappa shape index (κ2) is 6.26. The number of fused-ring (bicyclic) bond motifs is 6. The van der Waals surface area contributed by atoms with Gasteiger partial charge in [-0.05, 0) is 62.6 Å². The summed E-state index contributed by atoms with van der Waals surface area (Å²) in [7, 11) is 0. The molecule has 3 aliphatic rings. The minimum absolute atomic E-state index is 0.170. The van der Waals surface area contributed by atoms with Gasteiger partial charge in [0.2, 0.25) is 17.7 Å². The molecule has 6 nitrogen and oxygen atoms in total. The van der Waals surface area contributed by atoms with E-state index < -0.39 is 11.9 Å². The molecule has 5 atom stereocenters. The normalized spacial score (nSPS) is 29.6. The highest BCUT2D eigenvalue weighted by molar-refractivity contribution is 7.22. The third kappa shape index (κ3) is 2.52. The Hall–Kier alpha value is -1.99. The van der Waals surface area contributed by atoms with Crippen molar-refractivity contribution >= 4 is 56.0 Å². The third-order valence-electron chi connectivity index (χ3n) is 6.63. The second-order valence-corrected chi connectivity index (χ2v) is 9.62. The van der Waals surface area contributed by atoms with E-state index in [0.717, 1.165) is 29.5 Å². The quantitative estimate of drug-likeness (QED) is 0.773. The molecule has 0 spiro atoms. The lowest BCUT2D eigenvalue weighted by Crippen LogP contribution is -2.46. The minimum atomic E-state index is -0.845. The van der Waals surface area contributed by atoms with Crippen molar-refractivity contribution in [1.82, 2.24) is 9.88 Å². The number of anilines is 1. The Morgan fingerprint density at radius 1 is 1.25 bits per heavy atom. The standard InChI is InChI=1S/C20H20ClN3O3S/c1-8-5-14-13(7-12(8)21)22-20(28-14)23-17(25)9(2)24-18(26)15-10-3-4-11(6-10)16(15)19(24)27/h5,7,9-11,15-16H,3-4,6H2,1-2H3,(H,22,23,25)/t9-,10+,11+,15-,16+/m1/s1. The molecule has 8 heteroatoms. The van der Waals surface area contributed by atoms with E-state index in [1.54, 1.807) is 13.0 Å². The van der Waals surface area contributed by atoms with E-state index in [4.69, 9.17) is 11.6 Å². The maximum Gasteiger partial charge on any atom is 0.249 e. The number of imide groups is 1. The Bertz CT molecular complexity index is 968. The fraction of sp³-hybridized carbons (Fsp3) is 0.500. The van der Waals surface area contributed by atoms with Gasteiger partial charge in [0, 0.05) is 5.02 Å². The molecule has 1 aromatic heterocycles. The van der Waals surface area contributed by atoms with Gasteiger partial charge in [-0.2, -0.15) is 0 Å². The zero-order chi connectivity index (χ0) is 19.7. The van der Waals surface area contributed by atoms with Crippen LogP contribution in [0.4, 0.5) is 5.13 Å². The number of hydrogen-bond acceptors (Lipinski definition) is 5. The molecular formula is C20H20ClN3O3S. The summed E-state index contributed by atoms with van der Waals surface area (Å²) in [4.78, 5) is 44.2. The Morgan fingerprint density at radius 2 is 1.89 bits per heavy atom. The number of likely N-dealkylation sites (tertiary alicyclic amines) is 1. The molecule has 1 N–H and O–H groups in total. The highest BCUT2D eigenvalue weighted by atomic mass is 35.5. The van der Waals surface area contributed by atoms with Crippen LogP contribution >= 0.6 is 22.9 Å². The average Bonchev–Trinajstić information content (AvgIpc) is 3.39. The highest BCUT2D eigenvalue weighted by Crippen LogP contribution is 2.56. The van der Waals surface area contributed by atoms with Gasteiger partial charge in [-0.15, -0.1) is 0 Å². The first-order chi connectivity index (χ1) is 13.3. The third-order valence-corrected chi connectivity index (χ3v) is 7.97. The molecule has 0 radical (unpaired) electrons. The van der Waals surface area contributed by atoms with Crippen molar-refractivity contribution < 1.29 is 14.4 Å². The molecule has 2 aliphatic carbocycles. The van der Waals surface area contributed by atoms with Crippen LogP contribution in [0.3, 0.4) is 0 Å². The van der Waals surface area contributed by atoms with Crippen molar-refractivity contribution in [2.75, 3.05) is 5.32 Å². The van der Waals surface area contributed by atoms with E-state index in [1.165, 1.54) is 16.2 Å². The van der Waals surface area contributed by atoms with Crippen LogP contribution in [-0.4, -0.2) is 33.6 Å². The predicted molar refractivity (Wildman–Crippen MR) is 107 cm³/mol. The average molecular weight is 418 g/mol. The van der Waals surface area contributed by atoms with Gasteiger partial charge in [-0.1, -0.05) is 22.9 Å². The Morgan fingerprint density at radius 3 is 2.54 bits per heavy atom. The molecule has 5 rings (SSSR count). The Kier molecular flexibility index (Phi) is 4.04. The zero-order valence-electron chi connectivity index (χ0n) is 15.6. The number of halogens is 1. The van der Waals surface area contributed by atoms with Crippen LogP contribution in [0.2, 0.25) is 5.02 Å². The van der Waals surface area contributed by atoms with E-state index in [9.17, 15) is 14.4 Å². The van der Waals surface area contributed by atoms with E-state index >= 15 is 0 Å². The molecule has 3 fully saturated rings. The van der Waals surface area contributed by atoms with E-state index in [2.05, 4.69) is 10.3 Å². The number of aryl methyl sites for hydroxylation is 1. The van der Waals surface area contributed by atoms with Gasteiger partial charge in [-0.3, -0.25) is 19.3 Å². The summed E-state index contributed by atoms with van der Waals surface area (Å²) in [6.07, 6.45) is 3.02. The molecule has 1 aliphatic heterocycles. The monoisotopic (exact) mass is 417 g/mol. The van der Waals surface area contributed by atoms with Gasteiger partial charge in [0.1, 0.15) is 6.04 Å². The van der Waals surface area contributed by atoms with Crippen molar-refractivity contribution in [2.45, 2.75) is 39.2 Å². The lowest BCUT2D eigenvalue weighted by Gasteiger charge is -2.23. The number of nitrogens with one attached hydrogen (secondary N) is 1. The maximum atomic E-state index is 12.9. The molecule has 2 bridgehead atoms. The van der Waals surface area contributed by atoms with E-state index in [0.29, 0.717) is 27.5 Å². The van der Waals surface area contributed by atoms with Crippen LogP contribution in [0.5, 0.6) is 0 Å². The summed E-state index contributed by atoms with van der Waals surface area (Å²) >= 11 is 7.49. The lowest BCUT2D eigenvalue weighted by atomic mass is 9.81. The van der Waals surface area contributed by atoms with Crippen molar-refractivity contribution in [3.05, 3.63) is 22.7 Å². The van der Waals surface area contributed by atoms with E-state index in [-0.39, 0.29) is 23.7 Å². The van der Waals surface area contributed by atoms with Crippen LogP contribution in [0, 0.1) is 30.6 Å². The Balaban J connectivity index is 1.36. The van der Waals surface area contributed by atoms with Crippen LogP contribution in [0.1, 0.15) is 31.7 Å². The summed E-state index contributed by atoms with van der Waals surface area (Å²) in [5.74, 6) is -0.542. The highest BCUT2D eigenvalue weighted by Gasteiger charge is 2.62. The molecule has 146 valence electrons. The number of amides is 3. The topological polar surface area (TPSA) is 79.4 Å². The number of nitrogens with zero attached hydrogens (tertiary/aromatic N) is 2. The van der Waals surface area contributed by atoms with Crippen LogP contribution in [0.15, 0.2) is 12.1 Å². The minimum Gasteiger partial charge on any atom is -0.300 e. The number of carbonyl (C=O) groups is 3. The van der Waals surface area contributed by atoms with Gasteiger partial charge in [0.05, 0.1) is 22.1 Å². The lowest BCUT2D eigenvalue weighted by molar-refractivity contribution is -0.146. The van der Waals surface area contributed by atoms with E-state index in [1.807, 2.05) is 13.0 Å². The summed E-state index contributed by atoms with van der Waals surface area (Å²) in [6, 6.07) is 2.85. The van der Waals surface area contributed by atoms with Crippen molar-refractivity contribution in [1.29, 1.82) is 0 Å². The fourth-order valence-corrected chi connectivity index (χ4v) is 6.35. The first-order valence-electron chi connectivity index (χ1n) is 9.59. The molecule has 2 saturated carbocycles. The van der Waals surface area contributed by atoms with Crippen molar-refractivity contribution in [2.24, 2.45) is 23.7 Å². The van der Waals surface area contributed by atoms with Gasteiger partial charge in [-0.25, -0.2) is 4.98 Å². The Labute approximate surface area is 171 Å². The van der Waals surface area contributed by atoms with Gasteiger partial charge in [0.15, 0.2) is 5.13 Å². The van der Waals surface area contributed by atoms with Crippen molar-refractivity contribution in [3.63, 3.8) is 0 Å².